The maximum absolute atomic E-state index is 10.1. The van der Waals surface area contributed by atoms with Crippen molar-refractivity contribution in [1.29, 1.82) is 0 Å². The number of rotatable bonds is 5. The third kappa shape index (κ3) is 2.70. The van der Waals surface area contributed by atoms with E-state index in [1.54, 1.807) is 6.20 Å². The zero-order valence-electron chi connectivity index (χ0n) is 10.00. The molecule has 0 bridgehead atoms. The number of imidazole rings is 1. The van der Waals surface area contributed by atoms with Gasteiger partial charge in [-0.2, -0.15) is 0 Å². The minimum atomic E-state index is -0.485. The minimum Gasteiger partial charge on any atom is -0.387 e. The molecule has 0 aromatic carbocycles. The molecule has 1 unspecified atom stereocenters. The van der Waals surface area contributed by atoms with Crippen molar-refractivity contribution >= 4 is 11.5 Å². The van der Waals surface area contributed by atoms with Crippen LogP contribution < -0.4 is 0 Å². The predicted molar refractivity (Wildman–Crippen MR) is 65.8 cm³/mol. The van der Waals surface area contributed by atoms with Crippen molar-refractivity contribution in [3.63, 3.8) is 0 Å². The molecule has 0 aliphatic heterocycles. The molecule has 0 saturated heterocycles. The van der Waals surface area contributed by atoms with Crippen LogP contribution in [-0.2, 0) is 19.9 Å². The van der Waals surface area contributed by atoms with Crippen LogP contribution >= 0.6 is 11.5 Å². The summed E-state index contributed by atoms with van der Waals surface area (Å²) in [6.45, 7) is 2.02. The van der Waals surface area contributed by atoms with Crippen LogP contribution in [0.3, 0.4) is 0 Å². The molecule has 0 radical (unpaired) electrons. The molecule has 2 aromatic heterocycles. The molecule has 92 valence electrons. The van der Waals surface area contributed by atoms with E-state index in [0.29, 0.717) is 6.42 Å². The number of aliphatic hydroxyl groups excluding tert-OH is 1. The van der Waals surface area contributed by atoms with Gasteiger partial charge in [0.05, 0.1) is 16.7 Å². The molecule has 0 saturated carbocycles. The Morgan fingerprint density at radius 2 is 2.35 bits per heavy atom. The van der Waals surface area contributed by atoms with Crippen molar-refractivity contribution in [1.82, 2.24) is 19.1 Å². The number of aliphatic hydroxyl groups is 1. The van der Waals surface area contributed by atoms with Gasteiger partial charge >= 0.3 is 0 Å². The summed E-state index contributed by atoms with van der Waals surface area (Å²) in [6, 6.07) is 0. The van der Waals surface area contributed by atoms with Crippen LogP contribution in [0.25, 0.3) is 0 Å². The predicted octanol–water partition coefficient (Wildman–Crippen LogP) is 1.50. The van der Waals surface area contributed by atoms with Crippen molar-refractivity contribution < 1.29 is 5.11 Å². The van der Waals surface area contributed by atoms with Gasteiger partial charge in [0.15, 0.2) is 0 Å². The summed E-state index contributed by atoms with van der Waals surface area (Å²) in [4.78, 5) is 5.13. The van der Waals surface area contributed by atoms with E-state index in [0.717, 1.165) is 29.2 Å². The highest BCUT2D eigenvalue weighted by Crippen LogP contribution is 2.24. The van der Waals surface area contributed by atoms with E-state index in [9.17, 15) is 5.11 Å². The third-order valence-electron chi connectivity index (χ3n) is 2.79. The Morgan fingerprint density at radius 1 is 1.53 bits per heavy atom. The van der Waals surface area contributed by atoms with Crippen molar-refractivity contribution in [2.75, 3.05) is 0 Å². The van der Waals surface area contributed by atoms with Crippen molar-refractivity contribution in [3.8, 4) is 0 Å². The van der Waals surface area contributed by atoms with Gasteiger partial charge in [-0.25, -0.2) is 4.98 Å². The van der Waals surface area contributed by atoms with Gasteiger partial charge in [0, 0.05) is 25.9 Å². The summed E-state index contributed by atoms with van der Waals surface area (Å²) in [7, 11) is 1.96. The highest BCUT2D eigenvalue weighted by Gasteiger charge is 2.16. The Bertz CT molecular complexity index is 479. The molecule has 17 heavy (non-hydrogen) atoms. The molecule has 5 nitrogen and oxygen atoms in total. The topological polar surface area (TPSA) is 63.8 Å². The Hall–Kier alpha value is -1.27. The molecule has 2 aromatic rings. The third-order valence-corrected chi connectivity index (χ3v) is 3.65. The number of nitrogens with zero attached hydrogens (tertiary/aromatic N) is 4. The Morgan fingerprint density at radius 3 is 3.00 bits per heavy atom. The largest absolute Gasteiger partial charge is 0.387 e. The zero-order chi connectivity index (χ0) is 12.3. The number of hydrogen-bond donors (Lipinski definition) is 1. The first-order valence-electron chi connectivity index (χ1n) is 5.67. The lowest BCUT2D eigenvalue weighted by Crippen LogP contribution is -2.04. The van der Waals surface area contributed by atoms with Crippen molar-refractivity contribution in [2.24, 2.45) is 7.05 Å². The van der Waals surface area contributed by atoms with Gasteiger partial charge in [-0.3, -0.25) is 0 Å². The van der Waals surface area contributed by atoms with Gasteiger partial charge in [0.25, 0.3) is 0 Å². The molecule has 0 aliphatic rings. The molecule has 0 spiro atoms. The Balaban J connectivity index is 1.98. The van der Waals surface area contributed by atoms with Gasteiger partial charge in [0.2, 0.25) is 0 Å². The summed E-state index contributed by atoms with van der Waals surface area (Å²) in [5, 5.41) is 14.1. The molecule has 0 aliphatic carbocycles. The summed E-state index contributed by atoms with van der Waals surface area (Å²) in [5.41, 5.74) is 0.905. The monoisotopic (exact) mass is 252 g/mol. The molecular formula is C11H16N4OS. The minimum absolute atomic E-state index is 0.485. The first-order chi connectivity index (χ1) is 8.22. The van der Waals surface area contributed by atoms with Crippen LogP contribution in [0.2, 0.25) is 0 Å². The molecular weight excluding hydrogens is 236 g/mol. The van der Waals surface area contributed by atoms with E-state index in [1.807, 2.05) is 24.7 Å². The first-order valence-corrected chi connectivity index (χ1v) is 6.45. The van der Waals surface area contributed by atoms with E-state index < -0.39 is 6.10 Å². The van der Waals surface area contributed by atoms with Crippen LogP contribution in [0.1, 0.15) is 35.8 Å². The fourth-order valence-corrected chi connectivity index (χ4v) is 2.51. The van der Waals surface area contributed by atoms with E-state index >= 15 is 0 Å². The van der Waals surface area contributed by atoms with Crippen molar-refractivity contribution in [2.45, 2.75) is 32.3 Å². The molecule has 2 rings (SSSR count). The quantitative estimate of drug-likeness (QED) is 0.876. The van der Waals surface area contributed by atoms with Gasteiger partial charge in [-0.05, 0) is 24.4 Å². The lowest BCUT2D eigenvalue weighted by Gasteiger charge is -2.08. The van der Waals surface area contributed by atoms with Crippen LogP contribution in [0, 0.1) is 0 Å². The fraction of sp³-hybridized carbons (Fsp3) is 0.545. The van der Waals surface area contributed by atoms with E-state index in [1.165, 1.54) is 11.5 Å². The summed E-state index contributed by atoms with van der Waals surface area (Å²) in [6.07, 6.45) is 5.42. The summed E-state index contributed by atoms with van der Waals surface area (Å²) in [5.74, 6) is 0.986. The van der Waals surface area contributed by atoms with Crippen molar-refractivity contribution in [3.05, 3.63) is 28.8 Å². The normalized spacial score (nSPS) is 12.9. The second kappa shape index (κ2) is 5.37. The van der Waals surface area contributed by atoms with Crippen LogP contribution in [0.4, 0.5) is 0 Å². The van der Waals surface area contributed by atoms with Gasteiger partial charge in [-0.1, -0.05) is 11.4 Å². The Kier molecular flexibility index (Phi) is 3.86. The van der Waals surface area contributed by atoms with Gasteiger partial charge in [0.1, 0.15) is 5.82 Å². The SMILES string of the molecule is CCc1nnsc1C(O)CCc1nccn1C. The number of aryl methyl sites for hydroxylation is 3. The highest BCUT2D eigenvalue weighted by molar-refractivity contribution is 7.05. The molecule has 1 atom stereocenters. The van der Waals surface area contributed by atoms with E-state index in [2.05, 4.69) is 14.6 Å². The smallest absolute Gasteiger partial charge is 0.108 e. The zero-order valence-corrected chi connectivity index (χ0v) is 10.8. The average Bonchev–Trinajstić information content (AvgIpc) is 2.94. The molecule has 0 fully saturated rings. The fourth-order valence-electron chi connectivity index (χ4n) is 1.75. The number of hydrogen-bond acceptors (Lipinski definition) is 5. The maximum atomic E-state index is 10.1. The lowest BCUT2D eigenvalue weighted by atomic mass is 10.1. The average molecular weight is 252 g/mol. The molecule has 6 heteroatoms. The Labute approximate surface area is 104 Å². The second-order valence-corrected chi connectivity index (χ2v) is 4.73. The number of aromatic nitrogens is 4. The lowest BCUT2D eigenvalue weighted by molar-refractivity contribution is 0.169. The van der Waals surface area contributed by atoms with Crippen LogP contribution in [0.5, 0.6) is 0 Å². The highest BCUT2D eigenvalue weighted by atomic mass is 32.1. The standard InChI is InChI=1S/C11H16N4OS/c1-3-8-11(17-14-13-8)9(16)4-5-10-12-6-7-15(10)2/h6-7,9,16H,3-5H2,1-2H3. The van der Waals surface area contributed by atoms with Gasteiger partial charge in [-0.15, -0.1) is 5.10 Å². The van der Waals surface area contributed by atoms with Gasteiger partial charge < -0.3 is 9.67 Å². The molecule has 1 N–H and O–H groups in total. The molecule has 0 amide bonds. The first kappa shape index (κ1) is 12.2. The maximum Gasteiger partial charge on any atom is 0.108 e. The van der Waals surface area contributed by atoms with Crippen LogP contribution in [-0.4, -0.2) is 24.2 Å². The van der Waals surface area contributed by atoms with Crippen LogP contribution in [0.15, 0.2) is 12.4 Å². The van der Waals surface area contributed by atoms with E-state index in [-0.39, 0.29) is 0 Å². The second-order valence-electron chi connectivity index (χ2n) is 3.95. The molecule has 2 heterocycles. The summed E-state index contributed by atoms with van der Waals surface area (Å²) < 4.78 is 5.86. The van der Waals surface area contributed by atoms with E-state index in [4.69, 9.17) is 0 Å². The summed E-state index contributed by atoms with van der Waals surface area (Å²) >= 11 is 1.29.